The number of carbonyl (C=O) groups is 2. The van der Waals surface area contributed by atoms with E-state index in [0.29, 0.717) is 13.1 Å². The minimum absolute atomic E-state index is 0.156. The molecule has 1 aliphatic carbocycles. The van der Waals surface area contributed by atoms with Crippen LogP contribution in [0.2, 0.25) is 0 Å². The predicted molar refractivity (Wildman–Crippen MR) is 81.8 cm³/mol. The average Bonchev–Trinajstić information content (AvgIpc) is 2.90. The molecule has 2 heterocycles. The van der Waals surface area contributed by atoms with E-state index in [1.54, 1.807) is 11.3 Å². The van der Waals surface area contributed by atoms with Crippen molar-refractivity contribution in [1.82, 2.24) is 4.90 Å². The Bertz CT molecular complexity index is 544. The van der Waals surface area contributed by atoms with Gasteiger partial charge in [0.25, 0.3) is 5.91 Å². The molecular weight excluding hydrogens is 286 g/mol. The fraction of sp³-hybridized carbons (Fsp3) is 0.625. The lowest BCUT2D eigenvalue weighted by Gasteiger charge is -2.31. The molecule has 114 valence electrons. The zero-order valence-electron chi connectivity index (χ0n) is 12.1. The molecule has 0 atom stereocenters. The molecular formula is C16H21NO3S. The van der Waals surface area contributed by atoms with Crippen molar-refractivity contribution in [3.05, 3.63) is 21.4 Å². The number of thiophene rings is 1. The Hall–Kier alpha value is -1.36. The highest BCUT2D eigenvalue weighted by Gasteiger charge is 2.28. The van der Waals surface area contributed by atoms with E-state index in [0.717, 1.165) is 31.2 Å². The van der Waals surface area contributed by atoms with E-state index in [1.165, 1.54) is 23.3 Å². The van der Waals surface area contributed by atoms with Crippen molar-refractivity contribution in [3.8, 4) is 0 Å². The first-order valence-electron chi connectivity index (χ1n) is 7.75. The molecule has 4 nitrogen and oxygen atoms in total. The number of hydrogen-bond donors (Lipinski definition) is 1. The minimum atomic E-state index is -0.730. The highest BCUT2D eigenvalue weighted by atomic mass is 32.1. The largest absolute Gasteiger partial charge is 0.481 e. The number of fused-ring (bicyclic) bond motifs is 1. The number of rotatable bonds is 3. The molecule has 0 unspecified atom stereocenters. The number of aliphatic carboxylic acids is 1. The van der Waals surface area contributed by atoms with Crippen LogP contribution in [0.15, 0.2) is 5.38 Å². The summed E-state index contributed by atoms with van der Waals surface area (Å²) in [5.74, 6) is -0.349. The lowest BCUT2D eigenvalue weighted by molar-refractivity contribution is -0.138. The van der Waals surface area contributed by atoms with Crippen LogP contribution in [-0.4, -0.2) is 35.0 Å². The van der Waals surface area contributed by atoms with Crippen molar-refractivity contribution in [2.45, 2.75) is 44.9 Å². The molecule has 0 bridgehead atoms. The van der Waals surface area contributed by atoms with Crippen LogP contribution in [0.1, 0.15) is 52.9 Å². The SMILES string of the molecule is O=C(O)CC1CCN(C(=O)c2csc3c2CCCC3)CC1. The number of carboxylic acid groups (broad SMARTS) is 1. The van der Waals surface area contributed by atoms with Crippen LogP contribution >= 0.6 is 11.3 Å². The van der Waals surface area contributed by atoms with Gasteiger partial charge in [-0.1, -0.05) is 0 Å². The van der Waals surface area contributed by atoms with Crippen molar-refractivity contribution >= 4 is 23.2 Å². The van der Waals surface area contributed by atoms with Crippen LogP contribution in [0, 0.1) is 5.92 Å². The fourth-order valence-corrected chi connectivity index (χ4v) is 4.55. The van der Waals surface area contributed by atoms with Gasteiger partial charge in [-0.15, -0.1) is 11.3 Å². The second kappa shape index (κ2) is 6.18. The summed E-state index contributed by atoms with van der Waals surface area (Å²) in [6.45, 7) is 1.39. The monoisotopic (exact) mass is 307 g/mol. The first kappa shape index (κ1) is 14.6. The standard InChI is InChI=1S/C16H21NO3S/c18-15(19)9-11-5-7-17(8-6-11)16(20)13-10-21-14-4-2-1-3-12(13)14/h10-11H,1-9H2,(H,18,19). The Morgan fingerprint density at radius 1 is 1.24 bits per heavy atom. The van der Waals surface area contributed by atoms with E-state index < -0.39 is 5.97 Å². The summed E-state index contributed by atoms with van der Waals surface area (Å²) in [4.78, 5) is 26.7. The molecule has 1 N–H and O–H groups in total. The van der Waals surface area contributed by atoms with Gasteiger partial charge < -0.3 is 10.0 Å². The van der Waals surface area contributed by atoms with Crippen LogP contribution in [0.3, 0.4) is 0 Å². The number of aryl methyl sites for hydroxylation is 1. The summed E-state index contributed by atoms with van der Waals surface area (Å²) >= 11 is 1.73. The average molecular weight is 307 g/mol. The Kier molecular flexibility index (Phi) is 4.29. The maximum atomic E-state index is 12.7. The quantitative estimate of drug-likeness (QED) is 0.934. The second-order valence-electron chi connectivity index (χ2n) is 6.09. The molecule has 2 aliphatic rings. The summed E-state index contributed by atoms with van der Waals surface area (Å²) in [5.41, 5.74) is 2.19. The van der Waals surface area contributed by atoms with Crippen molar-refractivity contribution < 1.29 is 14.7 Å². The molecule has 0 spiro atoms. The number of nitrogens with zero attached hydrogens (tertiary/aromatic N) is 1. The molecule has 0 aromatic carbocycles. The summed E-state index contributed by atoms with van der Waals surface area (Å²) in [6, 6.07) is 0. The number of amides is 1. The van der Waals surface area contributed by atoms with Crippen LogP contribution in [-0.2, 0) is 17.6 Å². The maximum absolute atomic E-state index is 12.7. The van der Waals surface area contributed by atoms with Crippen molar-refractivity contribution in [2.75, 3.05) is 13.1 Å². The van der Waals surface area contributed by atoms with E-state index >= 15 is 0 Å². The number of carbonyl (C=O) groups excluding carboxylic acids is 1. The third-order valence-electron chi connectivity index (χ3n) is 4.66. The van der Waals surface area contributed by atoms with Gasteiger partial charge in [0.15, 0.2) is 0 Å². The van der Waals surface area contributed by atoms with E-state index in [2.05, 4.69) is 0 Å². The van der Waals surface area contributed by atoms with Crippen LogP contribution in [0.25, 0.3) is 0 Å². The van der Waals surface area contributed by atoms with E-state index in [9.17, 15) is 9.59 Å². The zero-order chi connectivity index (χ0) is 14.8. The molecule has 3 rings (SSSR count). The Labute approximate surface area is 128 Å². The predicted octanol–water partition coefficient (Wildman–Crippen LogP) is 2.95. The molecule has 1 aromatic heterocycles. The zero-order valence-corrected chi connectivity index (χ0v) is 13.0. The van der Waals surface area contributed by atoms with Gasteiger partial charge in [0.2, 0.25) is 0 Å². The molecule has 1 amide bonds. The Morgan fingerprint density at radius 3 is 2.67 bits per heavy atom. The first-order valence-corrected chi connectivity index (χ1v) is 8.63. The normalized spacial score (nSPS) is 19.3. The third-order valence-corrected chi connectivity index (χ3v) is 5.75. The number of hydrogen-bond acceptors (Lipinski definition) is 3. The minimum Gasteiger partial charge on any atom is -0.481 e. The fourth-order valence-electron chi connectivity index (χ4n) is 3.43. The van der Waals surface area contributed by atoms with Gasteiger partial charge in [0.1, 0.15) is 0 Å². The molecule has 1 fully saturated rings. The van der Waals surface area contributed by atoms with Crippen molar-refractivity contribution in [1.29, 1.82) is 0 Å². The first-order chi connectivity index (χ1) is 10.1. The molecule has 1 aliphatic heterocycles. The third kappa shape index (κ3) is 3.12. The highest BCUT2D eigenvalue weighted by Crippen LogP contribution is 2.32. The van der Waals surface area contributed by atoms with Gasteiger partial charge in [-0.05, 0) is 50.0 Å². The van der Waals surface area contributed by atoms with Gasteiger partial charge in [-0.2, -0.15) is 0 Å². The van der Waals surface area contributed by atoms with Gasteiger partial charge in [0.05, 0.1) is 5.56 Å². The molecule has 21 heavy (non-hydrogen) atoms. The molecule has 0 saturated carbocycles. The van der Waals surface area contributed by atoms with E-state index in [1.807, 2.05) is 10.3 Å². The highest BCUT2D eigenvalue weighted by molar-refractivity contribution is 7.10. The van der Waals surface area contributed by atoms with Crippen LogP contribution in [0.4, 0.5) is 0 Å². The van der Waals surface area contributed by atoms with Crippen molar-refractivity contribution in [3.63, 3.8) is 0 Å². The lowest BCUT2D eigenvalue weighted by Crippen LogP contribution is -2.39. The Balaban J connectivity index is 1.64. The van der Waals surface area contributed by atoms with Gasteiger partial charge in [-0.3, -0.25) is 9.59 Å². The topological polar surface area (TPSA) is 57.6 Å². The maximum Gasteiger partial charge on any atom is 0.303 e. The lowest BCUT2D eigenvalue weighted by atomic mass is 9.92. The van der Waals surface area contributed by atoms with Gasteiger partial charge in [0, 0.05) is 29.8 Å². The molecule has 1 aromatic rings. The second-order valence-corrected chi connectivity index (χ2v) is 7.06. The van der Waals surface area contributed by atoms with Gasteiger partial charge in [-0.25, -0.2) is 0 Å². The van der Waals surface area contributed by atoms with Crippen molar-refractivity contribution in [2.24, 2.45) is 5.92 Å². The molecule has 1 saturated heterocycles. The summed E-state index contributed by atoms with van der Waals surface area (Å²) in [7, 11) is 0. The summed E-state index contributed by atoms with van der Waals surface area (Å²) < 4.78 is 0. The number of carboxylic acids is 1. The molecule has 5 heteroatoms. The number of likely N-dealkylation sites (tertiary alicyclic amines) is 1. The van der Waals surface area contributed by atoms with Gasteiger partial charge >= 0.3 is 5.97 Å². The summed E-state index contributed by atoms with van der Waals surface area (Å²) in [5, 5.41) is 10.9. The molecule has 0 radical (unpaired) electrons. The van der Waals surface area contributed by atoms with E-state index in [-0.39, 0.29) is 18.2 Å². The Morgan fingerprint density at radius 2 is 1.95 bits per heavy atom. The van der Waals surface area contributed by atoms with Crippen LogP contribution < -0.4 is 0 Å². The van der Waals surface area contributed by atoms with Crippen LogP contribution in [0.5, 0.6) is 0 Å². The van der Waals surface area contributed by atoms with E-state index in [4.69, 9.17) is 5.11 Å². The summed E-state index contributed by atoms with van der Waals surface area (Å²) in [6.07, 6.45) is 6.43. The smallest absolute Gasteiger partial charge is 0.303 e. The number of piperidine rings is 1.